The Morgan fingerprint density at radius 3 is 2.35 bits per heavy atom. The van der Waals surface area contributed by atoms with E-state index in [0.29, 0.717) is 0 Å². The monoisotopic (exact) mass is 262 g/mol. The molecule has 0 heterocycles. The van der Waals surface area contributed by atoms with Gasteiger partial charge in [0.15, 0.2) is 0 Å². The Labute approximate surface area is 98.6 Å². The summed E-state index contributed by atoms with van der Waals surface area (Å²) < 4.78 is 25.6. The van der Waals surface area contributed by atoms with Crippen molar-refractivity contribution in [2.24, 2.45) is 0 Å². The predicted molar refractivity (Wildman–Crippen MR) is 60.8 cm³/mol. The molecule has 7 nitrogen and oxygen atoms in total. The van der Waals surface area contributed by atoms with E-state index in [1.54, 1.807) is 0 Å². The summed E-state index contributed by atoms with van der Waals surface area (Å²) in [6.45, 7) is -1.05. The first-order chi connectivity index (χ1) is 7.90. The smallest absolute Gasteiger partial charge is 0.241 e. The number of sulfonamides is 1. The highest BCUT2D eigenvalue weighted by Crippen LogP contribution is 2.23. The Balaban J connectivity index is 3.01. The van der Waals surface area contributed by atoms with Gasteiger partial charge in [0.1, 0.15) is 5.75 Å². The first kappa shape index (κ1) is 13.7. The van der Waals surface area contributed by atoms with Crippen molar-refractivity contribution in [2.75, 3.05) is 18.9 Å². The summed E-state index contributed by atoms with van der Waals surface area (Å²) in [5, 5.41) is 26.7. The van der Waals surface area contributed by atoms with Crippen LogP contribution in [0, 0.1) is 0 Å². The quantitative estimate of drug-likeness (QED) is 0.327. The second-order valence-electron chi connectivity index (χ2n) is 3.40. The van der Waals surface area contributed by atoms with E-state index in [2.05, 4.69) is 4.72 Å². The number of nitrogens with two attached hydrogens (primary N) is 1. The van der Waals surface area contributed by atoms with Crippen molar-refractivity contribution in [2.45, 2.75) is 10.9 Å². The molecule has 17 heavy (non-hydrogen) atoms. The van der Waals surface area contributed by atoms with Crippen LogP contribution in [0.5, 0.6) is 5.75 Å². The molecule has 0 atom stereocenters. The molecule has 0 radical (unpaired) electrons. The number of phenols is 1. The van der Waals surface area contributed by atoms with Crippen molar-refractivity contribution in [3.05, 3.63) is 18.2 Å². The molecule has 96 valence electrons. The van der Waals surface area contributed by atoms with Crippen molar-refractivity contribution in [1.82, 2.24) is 4.72 Å². The van der Waals surface area contributed by atoms with Crippen LogP contribution in [0.2, 0.25) is 0 Å². The third kappa shape index (κ3) is 3.30. The van der Waals surface area contributed by atoms with Gasteiger partial charge >= 0.3 is 0 Å². The fraction of sp³-hybridized carbons (Fsp3) is 0.333. The molecule has 0 spiro atoms. The number of nitrogens with one attached hydrogen (secondary N) is 1. The van der Waals surface area contributed by atoms with Gasteiger partial charge in [-0.1, -0.05) is 0 Å². The van der Waals surface area contributed by atoms with E-state index in [9.17, 15) is 8.42 Å². The number of aromatic hydroxyl groups is 1. The number of rotatable bonds is 5. The summed E-state index contributed by atoms with van der Waals surface area (Å²) in [6.07, 6.45) is 0. The summed E-state index contributed by atoms with van der Waals surface area (Å²) in [5.41, 5.74) is 5.30. The van der Waals surface area contributed by atoms with Crippen LogP contribution in [0.1, 0.15) is 0 Å². The zero-order valence-electron chi connectivity index (χ0n) is 8.87. The lowest BCUT2D eigenvalue weighted by Gasteiger charge is -2.14. The zero-order valence-corrected chi connectivity index (χ0v) is 9.68. The highest BCUT2D eigenvalue weighted by atomic mass is 32.2. The van der Waals surface area contributed by atoms with Gasteiger partial charge in [-0.15, -0.1) is 0 Å². The van der Waals surface area contributed by atoms with Gasteiger partial charge in [-0.05, 0) is 18.2 Å². The molecule has 1 aromatic carbocycles. The van der Waals surface area contributed by atoms with Gasteiger partial charge < -0.3 is 21.1 Å². The van der Waals surface area contributed by atoms with Gasteiger partial charge in [-0.25, -0.2) is 13.1 Å². The average Bonchev–Trinajstić information content (AvgIpc) is 2.29. The molecule has 0 bridgehead atoms. The zero-order chi connectivity index (χ0) is 13.1. The van der Waals surface area contributed by atoms with Crippen LogP contribution in [-0.2, 0) is 10.0 Å². The maximum absolute atomic E-state index is 11.8. The summed E-state index contributed by atoms with van der Waals surface area (Å²) >= 11 is 0. The van der Waals surface area contributed by atoms with E-state index in [-0.39, 0.29) is 16.3 Å². The van der Waals surface area contributed by atoms with Crippen LogP contribution in [0.3, 0.4) is 0 Å². The molecule has 1 aromatic rings. The number of aliphatic hydroxyl groups excluding tert-OH is 2. The molecular formula is C9H14N2O5S. The van der Waals surface area contributed by atoms with Gasteiger partial charge in [0.2, 0.25) is 10.0 Å². The first-order valence-corrected chi connectivity index (χ1v) is 6.21. The van der Waals surface area contributed by atoms with E-state index in [0.717, 1.165) is 12.1 Å². The van der Waals surface area contributed by atoms with Crippen LogP contribution >= 0.6 is 0 Å². The summed E-state index contributed by atoms with van der Waals surface area (Å²) in [4.78, 5) is -0.153. The van der Waals surface area contributed by atoms with Crippen molar-refractivity contribution < 1.29 is 23.7 Å². The molecule has 0 fully saturated rings. The number of aliphatic hydroxyl groups is 2. The van der Waals surface area contributed by atoms with Crippen molar-refractivity contribution in [1.29, 1.82) is 0 Å². The molecule has 0 aliphatic carbocycles. The van der Waals surface area contributed by atoms with E-state index < -0.39 is 29.3 Å². The number of anilines is 1. The number of nitrogen functional groups attached to an aromatic ring is 1. The predicted octanol–water partition coefficient (Wildman–Crippen LogP) is -1.39. The summed E-state index contributed by atoms with van der Waals surface area (Å²) in [7, 11) is -3.88. The fourth-order valence-corrected chi connectivity index (χ4v) is 2.37. The minimum atomic E-state index is -3.88. The lowest BCUT2D eigenvalue weighted by Crippen LogP contribution is -2.40. The van der Waals surface area contributed by atoms with Gasteiger partial charge in [-0.3, -0.25) is 0 Å². The molecule has 0 unspecified atom stereocenters. The molecule has 0 aliphatic rings. The van der Waals surface area contributed by atoms with Crippen LogP contribution in [0.25, 0.3) is 0 Å². The van der Waals surface area contributed by atoms with Crippen LogP contribution in [0.15, 0.2) is 23.1 Å². The van der Waals surface area contributed by atoms with Crippen LogP contribution in [-0.4, -0.2) is 43.0 Å². The molecular weight excluding hydrogens is 248 g/mol. The second-order valence-corrected chi connectivity index (χ2v) is 5.12. The highest BCUT2D eigenvalue weighted by Gasteiger charge is 2.19. The topological polar surface area (TPSA) is 133 Å². The minimum Gasteiger partial charge on any atom is -0.506 e. The molecule has 0 saturated carbocycles. The maximum Gasteiger partial charge on any atom is 0.241 e. The SMILES string of the molecule is Nc1cc(S(=O)(=O)NC(CO)CO)ccc1O. The molecule has 6 N–H and O–H groups in total. The third-order valence-corrected chi connectivity index (χ3v) is 3.59. The van der Waals surface area contributed by atoms with Gasteiger partial charge in [0, 0.05) is 0 Å². The van der Waals surface area contributed by atoms with E-state index in [1.807, 2.05) is 0 Å². The Kier molecular flexibility index (Phi) is 4.29. The second kappa shape index (κ2) is 5.32. The maximum atomic E-state index is 11.8. The number of benzene rings is 1. The van der Waals surface area contributed by atoms with E-state index >= 15 is 0 Å². The van der Waals surface area contributed by atoms with Crippen LogP contribution in [0.4, 0.5) is 5.69 Å². The average molecular weight is 262 g/mol. The van der Waals surface area contributed by atoms with Gasteiger partial charge in [0.25, 0.3) is 0 Å². The van der Waals surface area contributed by atoms with Crippen LogP contribution < -0.4 is 10.5 Å². The van der Waals surface area contributed by atoms with Crippen molar-refractivity contribution in [3.8, 4) is 5.75 Å². The van der Waals surface area contributed by atoms with E-state index in [1.165, 1.54) is 6.07 Å². The molecule has 0 aromatic heterocycles. The fourth-order valence-electron chi connectivity index (χ4n) is 1.12. The largest absolute Gasteiger partial charge is 0.506 e. The normalized spacial score (nSPS) is 11.9. The molecule has 1 rings (SSSR count). The van der Waals surface area contributed by atoms with E-state index in [4.69, 9.17) is 21.1 Å². The number of hydrogen-bond acceptors (Lipinski definition) is 6. The highest BCUT2D eigenvalue weighted by molar-refractivity contribution is 7.89. The Bertz CT molecular complexity index is 484. The Morgan fingerprint density at radius 2 is 1.88 bits per heavy atom. The first-order valence-electron chi connectivity index (χ1n) is 4.73. The lowest BCUT2D eigenvalue weighted by molar-refractivity contribution is 0.185. The Morgan fingerprint density at radius 1 is 1.29 bits per heavy atom. The van der Waals surface area contributed by atoms with Gasteiger partial charge in [-0.2, -0.15) is 0 Å². The molecule has 0 amide bonds. The third-order valence-electron chi connectivity index (χ3n) is 2.07. The number of phenolic OH excluding ortho intramolecular Hbond substituents is 1. The molecule has 8 heteroatoms. The number of hydrogen-bond donors (Lipinski definition) is 5. The standard InChI is InChI=1S/C9H14N2O5S/c10-8-3-7(1-2-9(8)14)17(15,16)11-6(4-12)5-13/h1-3,6,11-14H,4-5,10H2. The Hall–Kier alpha value is -1.35. The van der Waals surface area contributed by atoms with Crippen molar-refractivity contribution >= 4 is 15.7 Å². The summed E-state index contributed by atoms with van der Waals surface area (Å²) in [6, 6.07) is 2.43. The van der Waals surface area contributed by atoms with Crippen molar-refractivity contribution in [3.63, 3.8) is 0 Å². The lowest BCUT2D eigenvalue weighted by atomic mass is 10.3. The molecule has 0 aliphatic heterocycles. The van der Waals surface area contributed by atoms with Gasteiger partial charge in [0.05, 0.1) is 29.8 Å². The summed E-state index contributed by atoms with van der Waals surface area (Å²) in [5.74, 6) is -0.218. The molecule has 0 saturated heterocycles. The minimum absolute atomic E-state index is 0.0718.